The number of nitrogens with one attached hydrogen (secondary N) is 1. The summed E-state index contributed by atoms with van der Waals surface area (Å²) >= 11 is 0. The standard InChI is InChI=1S/C12H27N3/c1-4-13-8-5-6-9-15-10-7-12(11-15)14(2)3/h12-13H,4-11H2,1-3H3. The predicted molar refractivity (Wildman–Crippen MR) is 66.3 cm³/mol. The molecule has 1 atom stereocenters. The zero-order chi connectivity index (χ0) is 11.1. The summed E-state index contributed by atoms with van der Waals surface area (Å²) in [4.78, 5) is 4.97. The van der Waals surface area contributed by atoms with Crippen molar-refractivity contribution in [2.75, 3.05) is 46.8 Å². The monoisotopic (exact) mass is 213 g/mol. The number of hydrogen-bond donors (Lipinski definition) is 1. The van der Waals surface area contributed by atoms with E-state index in [4.69, 9.17) is 0 Å². The molecule has 0 amide bonds. The summed E-state index contributed by atoms with van der Waals surface area (Å²) in [5.74, 6) is 0. The summed E-state index contributed by atoms with van der Waals surface area (Å²) in [6.45, 7) is 8.31. The normalized spacial score (nSPS) is 22.8. The van der Waals surface area contributed by atoms with Gasteiger partial charge in [-0.15, -0.1) is 0 Å². The van der Waals surface area contributed by atoms with Gasteiger partial charge in [-0.05, 0) is 59.5 Å². The number of nitrogens with zero attached hydrogens (tertiary/aromatic N) is 2. The van der Waals surface area contributed by atoms with Gasteiger partial charge in [0.05, 0.1) is 0 Å². The summed E-state index contributed by atoms with van der Waals surface area (Å²) in [6, 6.07) is 0.791. The average molecular weight is 213 g/mol. The summed E-state index contributed by atoms with van der Waals surface area (Å²) in [7, 11) is 4.39. The SMILES string of the molecule is CCNCCCCN1CCC(N(C)C)C1. The maximum atomic E-state index is 3.37. The Hall–Kier alpha value is -0.120. The molecule has 0 spiro atoms. The van der Waals surface area contributed by atoms with E-state index in [1.165, 1.54) is 45.4 Å². The molecule has 0 aromatic carbocycles. The van der Waals surface area contributed by atoms with Gasteiger partial charge in [0.25, 0.3) is 0 Å². The third-order valence-corrected chi connectivity index (χ3v) is 3.31. The molecule has 1 heterocycles. The van der Waals surface area contributed by atoms with Crippen molar-refractivity contribution in [1.29, 1.82) is 0 Å². The quantitative estimate of drug-likeness (QED) is 0.637. The highest BCUT2D eigenvalue weighted by atomic mass is 15.2. The number of unbranched alkanes of at least 4 members (excludes halogenated alkanes) is 1. The Morgan fingerprint density at radius 2 is 2.13 bits per heavy atom. The number of likely N-dealkylation sites (tertiary alicyclic amines) is 1. The van der Waals surface area contributed by atoms with Gasteiger partial charge in [0.2, 0.25) is 0 Å². The molecule has 1 rings (SSSR count). The van der Waals surface area contributed by atoms with Gasteiger partial charge in [-0.1, -0.05) is 6.92 Å². The van der Waals surface area contributed by atoms with Gasteiger partial charge < -0.3 is 15.1 Å². The first-order chi connectivity index (χ1) is 7.24. The second-order valence-electron chi connectivity index (χ2n) is 4.77. The topological polar surface area (TPSA) is 18.5 Å². The van der Waals surface area contributed by atoms with E-state index in [-0.39, 0.29) is 0 Å². The van der Waals surface area contributed by atoms with Gasteiger partial charge in [-0.2, -0.15) is 0 Å². The van der Waals surface area contributed by atoms with Crippen LogP contribution in [0, 0.1) is 0 Å². The van der Waals surface area contributed by atoms with Gasteiger partial charge in [0.1, 0.15) is 0 Å². The first kappa shape index (κ1) is 12.9. The van der Waals surface area contributed by atoms with Crippen molar-refractivity contribution in [3.05, 3.63) is 0 Å². The van der Waals surface area contributed by atoms with Crippen molar-refractivity contribution in [2.24, 2.45) is 0 Å². The fraction of sp³-hybridized carbons (Fsp3) is 1.00. The fourth-order valence-corrected chi connectivity index (χ4v) is 2.20. The van der Waals surface area contributed by atoms with Crippen molar-refractivity contribution >= 4 is 0 Å². The van der Waals surface area contributed by atoms with Crippen molar-refractivity contribution in [2.45, 2.75) is 32.2 Å². The van der Waals surface area contributed by atoms with Gasteiger partial charge >= 0.3 is 0 Å². The largest absolute Gasteiger partial charge is 0.317 e. The van der Waals surface area contributed by atoms with Crippen LogP contribution in [0.15, 0.2) is 0 Å². The van der Waals surface area contributed by atoms with E-state index < -0.39 is 0 Å². The van der Waals surface area contributed by atoms with Crippen molar-refractivity contribution < 1.29 is 0 Å². The first-order valence-corrected chi connectivity index (χ1v) is 6.33. The van der Waals surface area contributed by atoms with Crippen LogP contribution in [0.1, 0.15) is 26.2 Å². The molecule has 0 radical (unpaired) electrons. The molecule has 3 heteroatoms. The smallest absolute Gasteiger partial charge is 0.0229 e. The van der Waals surface area contributed by atoms with Crippen LogP contribution < -0.4 is 5.32 Å². The molecule has 1 saturated heterocycles. The van der Waals surface area contributed by atoms with Crippen LogP contribution in [-0.2, 0) is 0 Å². The predicted octanol–water partition coefficient (Wildman–Crippen LogP) is 1.01. The molecular formula is C12H27N3. The van der Waals surface area contributed by atoms with E-state index in [2.05, 4.69) is 36.1 Å². The third-order valence-electron chi connectivity index (χ3n) is 3.31. The first-order valence-electron chi connectivity index (χ1n) is 6.33. The maximum Gasteiger partial charge on any atom is 0.0229 e. The van der Waals surface area contributed by atoms with Gasteiger partial charge in [0, 0.05) is 12.6 Å². The van der Waals surface area contributed by atoms with E-state index in [0.717, 1.165) is 12.6 Å². The molecule has 15 heavy (non-hydrogen) atoms. The average Bonchev–Trinajstić information content (AvgIpc) is 2.66. The van der Waals surface area contributed by atoms with Gasteiger partial charge in [-0.3, -0.25) is 0 Å². The van der Waals surface area contributed by atoms with Crippen molar-refractivity contribution in [1.82, 2.24) is 15.1 Å². The third kappa shape index (κ3) is 4.96. The summed E-state index contributed by atoms with van der Waals surface area (Å²) in [5, 5.41) is 3.37. The van der Waals surface area contributed by atoms with Crippen LogP contribution in [0.3, 0.4) is 0 Å². The highest BCUT2D eigenvalue weighted by Gasteiger charge is 2.22. The minimum atomic E-state index is 0.791. The molecule has 0 bridgehead atoms. The van der Waals surface area contributed by atoms with E-state index >= 15 is 0 Å². The van der Waals surface area contributed by atoms with Crippen LogP contribution in [0.5, 0.6) is 0 Å². The van der Waals surface area contributed by atoms with E-state index in [9.17, 15) is 0 Å². The van der Waals surface area contributed by atoms with Gasteiger partial charge in [-0.25, -0.2) is 0 Å². The Kier molecular flexibility index (Phi) is 6.22. The Balaban J connectivity index is 1.99. The van der Waals surface area contributed by atoms with Gasteiger partial charge in [0.15, 0.2) is 0 Å². The minimum Gasteiger partial charge on any atom is -0.317 e. The fourth-order valence-electron chi connectivity index (χ4n) is 2.20. The van der Waals surface area contributed by atoms with Crippen molar-refractivity contribution in [3.8, 4) is 0 Å². The number of likely N-dealkylation sites (N-methyl/N-ethyl adjacent to an activating group) is 1. The molecule has 1 unspecified atom stereocenters. The van der Waals surface area contributed by atoms with Crippen molar-refractivity contribution in [3.63, 3.8) is 0 Å². The Morgan fingerprint density at radius 3 is 2.73 bits per heavy atom. The maximum absolute atomic E-state index is 3.37. The summed E-state index contributed by atoms with van der Waals surface area (Å²) in [5.41, 5.74) is 0. The molecule has 1 N–H and O–H groups in total. The molecule has 0 aromatic rings. The van der Waals surface area contributed by atoms with Crippen LogP contribution in [0.25, 0.3) is 0 Å². The molecule has 1 aliphatic rings. The lowest BCUT2D eigenvalue weighted by Gasteiger charge is -2.20. The van der Waals surface area contributed by atoms with E-state index in [1.54, 1.807) is 0 Å². The molecule has 0 aromatic heterocycles. The van der Waals surface area contributed by atoms with E-state index in [1.807, 2.05) is 0 Å². The lowest BCUT2D eigenvalue weighted by molar-refractivity contribution is 0.266. The van der Waals surface area contributed by atoms with E-state index in [0.29, 0.717) is 0 Å². The molecule has 3 nitrogen and oxygen atoms in total. The van der Waals surface area contributed by atoms with Crippen LogP contribution >= 0.6 is 0 Å². The van der Waals surface area contributed by atoms with Crippen LogP contribution in [0.2, 0.25) is 0 Å². The Morgan fingerprint density at radius 1 is 1.33 bits per heavy atom. The Labute approximate surface area is 94.8 Å². The second-order valence-corrected chi connectivity index (χ2v) is 4.77. The minimum absolute atomic E-state index is 0.791. The van der Waals surface area contributed by atoms with Crippen LogP contribution in [-0.4, -0.2) is 62.7 Å². The van der Waals surface area contributed by atoms with Crippen LogP contribution in [0.4, 0.5) is 0 Å². The Bertz CT molecular complexity index is 159. The molecule has 1 aliphatic heterocycles. The number of rotatable bonds is 7. The molecular weight excluding hydrogens is 186 g/mol. The molecule has 1 fully saturated rings. The zero-order valence-electron chi connectivity index (χ0n) is 10.6. The lowest BCUT2D eigenvalue weighted by atomic mass is 10.2. The highest BCUT2D eigenvalue weighted by Crippen LogP contribution is 2.13. The number of hydrogen-bond acceptors (Lipinski definition) is 3. The summed E-state index contributed by atoms with van der Waals surface area (Å²) in [6.07, 6.45) is 4.00. The summed E-state index contributed by atoms with van der Waals surface area (Å²) < 4.78 is 0. The lowest BCUT2D eigenvalue weighted by Crippen LogP contribution is -2.32. The highest BCUT2D eigenvalue weighted by molar-refractivity contribution is 4.80. The molecule has 0 aliphatic carbocycles. The zero-order valence-corrected chi connectivity index (χ0v) is 10.6. The molecule has 90 valence electrons. The molecule has 0 saturated carbocycles. The second kappa shape index (κ2) is 7.20.